The van der Waals surface area contributed by atoms with E-state index < -0.39 is 23.1 Å². The summed E-state index contributed by atoms with van der Waals surface area (Å²) < 4.78 is 38.3. The van der Waals surface area contributed by atoms with Gasteiger partial charge in [-0.05, 0) is 31.9 Å². The number of hydrogen-bond donors (Lipinski definition) is 3. The second-order valence-electron chi connectivity index (χ2n) is 4.94. The number of aromatic hydroxyl groups is 1. The van der Waals surface area contributed by atoms with Crippen molar-refractivity contribution in [1.82, 2.24) is 0 Å². The van der Waals surface area contributed by atoms with Gasteiger partial charge in [0.2, 0.25) is 0 Å². The van der Waals surface area contributed by atoms with Crippen LogP contribution >= 0.6 is 0 Å². The van der Waals surface area contributed by atoms with Crippen molar-refractivity contribution in [3.63, 3.8) is 0 Å². The Morgan fingerprint density at radius 1 is 1.33 bits per heavy atom. The lowest BCUT2D eigenvalue weighted by Gasteiger charge is -2.42. The summed E-state index contributed by atoms with van der Waals surface area (Å²) in [7, 11) is 0. The van der Waals surface area contributed by atoms with E-state index in [4.69, 9.17) is 0 Å². The number of halogens is 3. The average molecular weight is 261 g/mol. The molecule has 1 aliphatic rings. The van der Waals surface area contributed by atoms with Crippen molar-refractivity contribution in [2.75, 3.05) is 5.32 Å². The van der Waals surface area contributed by atoms with E-state index in [9.17, 15) is 23.4 Å². The van der Waals surface area contributed by atoms with Crippen LogP contribution in [0.3, 0.4) is 0 Å². The van der Waals surface area contributed by atoms with Crippen LogP contribution in [0, 0.1) is 0 Å². The predicted molar refractivity (Wildman–Crippen MR) is 60.4 cm³/mol. The number of rotatable bonds is 2. The number of aliphatic hydroxyl groups is 1. The molecule has 18 heavy (non-hydrogen) atoms. The van der Waals surface area contributed by atoms with Gasteiger partial charge in [-0.3, -0.25) is 0 Å². The zero-order valence-electron chi connectivity index (χ0n) is 9.75. The minimum atomic E-state index is -4.52. The van der Waals surface area contributed by atoms with Crippen LogP contribution < -0.4 is 5.32 Å². The lowest BCUT2D eigenvalue weighted by atomic mass is 9.77. The number of hydrogen-bond acceptors (Lipinski definition) is 3. The van der Waals surface area contributed by atoms with Crippen LogP contribution in [0.25, 0.3) is 0 Å². The molecule has 0 unspecified atom stereocenters. The summed E-state index contributed by atoms with van der Waals surface area (Å²) in [5, 5.41) is 21.7. The van der Waals surface area contributed by atoms with Gasteiger partial charge in [0, 0.05) is 6.04 Å². The monoisotopic (exact) mass is 261 g/mol. The van der Waals surface area contributed by atoms with Crippen LogP contribution in [-0.4, -0.2) is 21.9 Å². The Kier molecular flexibility index (Phi) is 2.93. The van der Waals surface area contributed by atoms with Gasteiger partial charge in [0.25, 0.3) is 0 Å². The van der Waals surface area contributed by atoms with Gasteiger partial charge >= 0.3 is 6.18 Å². The Morgan fingerprint density at radius 2 is 1.94 bits per heavy atom. The Hall–Kier alpha value is -1.43. The number of benzene rings is 1. The molecule has 0 spiro atoms. The first kappa shape index (κ1) is 13.0. The van der Waals surface area contributed by atoms with Gasteiger partial charge in [0.05, 0.1) is 16.9 Å². The molecule has 1 aromatic rings. The van der Waals surface area contributed by atoms with Crippen molar-refractivity contribution in [3.05, 3.63) is 23.8 Å². The smallest absolute Gasteiger partial charge is 0.418 e. The summed E-state index contributed by atoms with van der Waals surface area (Å²) in [6.07, 6.45) is -3.80. The molecule has 1 fully saturated rings. The summed E-state index contributed by atoms with van der Waals surface area (Å²) in [6, 6.07) is 3.02. The largest absolute Gasteiger partial charge is 0.506 e. The zero-order chi connectivity index (χ0) is 13.6. The van der Waals surface area contributed by atoms with Gasteiger partial charge in [-0.25, -0.2) is 0 Å². The third-order valence-electron chi connectivity index (χ3n) is 3.07. The fraction of sp³-hybridized carbons (Fsp3) is 0.500. The third kappa shape index (κ3) is 2.53. The van der Waals surface area contributed by atoms with E-state index in [0.29, 0.717) is 12.8 Å². The Balaban J connectivity index is 2.22. The average Bonchev–Trinajstić information content (AvgIpc) is 2.16. The number of alkyl halides is 3. The highest BCUT2D eigenvalue weighted by atomic mass is 19.4. The molecule has 0 aromatic heterocycles. The number of para-hydroxylation sites is 1. The molecule has 3 nitrogen and oxygen atoms in total. The second kappa shape index (κ2) is 4.05. The first-order chi connectivity index (χ1) is 8.19. The van der Waals surface area contributed by atoms with Gasteiger partial charge in [0.1, 0.15) is 5.75 Å². The molecule has 100 valence electrons. The summed E-state index contributed by atoms with van der Waals surface area (Å²) >= 11 is 0. The molecular weight excluding hydrogens is 247 g/mol. The van der Waals surface area contributed by atoms with Gasteiger partial charge in [-0.15, -0.1) is 0 Å². The topological polar surface area (TPSA) is 52.5 Å². The number of phenolic OH excluding ortho intramolecular Hbond substituents is 1. The fourth-order valence-corrected chi connectivity index (χ4v) is 2.24. The molecule has 0 bridgehead atoms. The molecule has 0 radical (unpaired) electrons. The maximum absolute atomic E-state index is 12.8. The summed E-state index contributed by atoms with van der Waals surface area (Å²) in [6.45, 7) is 1.63. The second-order valence-corrected chi connectivity index (χ2v) is 4.94. The zero-order valence-corrected chi connectivity index (χ0v) is 9.75. The van der Waals surface area contributed by atoms with Gasteiger partial charge in [0.15, 0.2) is 0 Å². The molecule has 6 heteroatoms. The molecule has 3 N–H and O–H groups in total. The molecule has 0 saturated heterocycles. The van der Waals surface area contributed by atoms with E-state index in [1.807, 2.05) is 0 Å². The SMILES string of the molecule is CC1(O)CC(Nc2c(O)cccc2C(F)(F)F)C1. The maximum Gasteiger partial charge on any atom is 0.418 e. The molecule has 0 aliphatic heterocycles. The van der Waals surface area contributed by atoms with Crippen molar-refractivity contribution < 1.29 is 23.4 Å². The predicted octanol–water partition coefficient (Wildman–Crippen LogP) is 2.74. The lowest BCUT2D eigenvalue weighted by molar-refractivity contribution is -0.137. The minimum absolute atomic E-state index is 0.255. The highest BCUT2D eigenvalue weighted by molar-refractivity contribution is 5.63. The van der Waals surface area contributed by atoms with Crippen molar-refractivity contribution >= 4 is 5.69 Å². The minimum Gasteiger partial charge on any atom is -0.506 e. The van der Waals surface area contributed by atoms with E-state index >= 15 is 0 Å². The van der Waals surface area contributed by atoms with E-state index in [1.54, 1.807) is 6.92 Å². The van der Waals surface area contributed by atoms with E-state index in [2.05, 4.69) is 5.32 Å². The van der Waals surface area contributed by atoms with Crippen LogP contribution in [0.5, 0.6) is 5.75 Å². The molecule has 0 amide bonds. The molecule has 2 rings (SSSR count). The molecule has 0 heterocycles. The lowest BCUT2D eigenvalue weighted by Crippen LogP contribution is -2.48. The summed E-state index contributed by atoms with van der Waals surface area (Å²) in [5.74, 6) is -0.434. The standard InChI is InChI=1S/C12H14F3NO2/c1-11(18)5-7(6-11)16-10-8(12(13,14)15)3-2-4-9(10)17/h2-4,7,16-18H,5-6H2,1H3. The highest BCUT2D eigenvalue weighted by Gasteiger charge is 2.41. The molecule has 1 aromatic carbocycles. The number of anilines is 1. The summed E-state index contributed by atoms with van der Waals surface area (Å²) in [5.41, 5.74) is -2.04. The van der Waals surface area contributed by atoms with Crippen LogP contribution in [0.1, 0.15) is 25.3 Å². The van der Waals surface area contributed by atoms with E-state index in [-0.39, 0.29) is 11.7 Å². The normalized spacial score (nSPS) is 27.7. The van der Waals surface area contributed by atoms with Gasteiger partial charge in [-0.1, -0.05) is 6.07 Å². The van der Waals surface area contributed by atoms with Crippen molar-refractivity contribution in [3.8, 4) is 5.75 Å². The Morgan fingerprint density at radius 3 is 2.44 bits per heavy atom. The fourth-order valence-electron chi connectivity index (χ4n) is 2.24. The molecule has 0 atom stereocenters. The highest BCUT2D eigenvalue weighted by Crippen LogP contribution is 2.42. The number of nitrogens with one attached hydrogen (secondary N) is 1. The first-order valence-electron chi connectivity index (χ1n) is 5.57. The van der Waals surface area contributed by atoms with Crippen molar-refractivity contribution in [1.29, 1.82) is 0 Å². The maximum atomic E-state index is 12.8. The first-order valence-corrected chi connectivity index (χ1v) is 5.57. The number of phenols is 1. The van der Waals surface area contributed by atoms with Crippen molar-refractivity contribution in [2.45, 2.75) is 37.6 Å². The van der Waals surface area contributed by atoms with Gasteiger partial charge in [-0.2, -0.15) is 13.2 Å². The van der Waals surface area contributed by atoms with E-state index in [0.717, 1.165) is 12.1 Å². The quantitative estimate of drug-likeness (QED) is 0.717. The molecular formula is C12H14F3NO2. The van der Waals surface area contributed by atoms with Crippen LogP contribution in [0.2, 0.25) is 0 Å². The molecule has 1 aliphatic carbocycles. The van der Waals surface area contributed by atoms with Gasteiger partial charge < -0.3 is 15.5 Å². The van der Waals surface area contributed by atoms with Crippen LogP contribution in [-0.2, 0) is 6.18 Å². The van der Waals surface area contributed by atoms with E-state index in [1.165, 1.54) is 6.07 Å². The van der Waals surface area contributed by atoms with Crippen LogP contribution in [0.4, 0.5) is 18.9 Å². The molecule has 1 saturated carbocycles. The Bertz CT molecular complexity index is 449. The Labute approximate surface area is 102 Å². The van der Waals surface area contributed by atoms with Crippen LogP contribution in [0.15, 0.2) is 18.2 Å². The third-order valence-corrected chi connectivity index (χ3v) is 3.07. The summed E-state index contributed by atoms with van der Waals surface area (Å²) in [4.78, 5) is 0. The van der Waals surface area contributed by atoms with Crippen molar-refractivity contribution in [2.24, 2.45) is 0 Å².